The average molecular weight is 272 g/mol. The average Bonchev–Trinajstić information content (AvgIpc) is 2.19. The number of aromatic nitrogens is 1. The first-order chi connectivity index (χ1) is 7.09. The zero-order valence-electron chi connectivity index (χ0n) is 8.77. The first-order valence-corrected chi connectivity index (χ1v) is 5.84. The van der Waals surface area contributed by atoms with E-state index in [1.54, 1.807) is 12.4 Å². The number of ether oxygens (including phenoxy) is 1. The maximum Gasteiger partial charge on any atom is 0.183 e. The van der Waals surface area contributed by atoms with Crippen LogP contribution in [0.1, 0.15) is 31.3 Å². The van der Waals surface area contributed by atoms with E-state index in [4.69, 9.17) is 4.74 Å². The summed E-state index contributed by atoms with van der Waals surface area (Å²) < 4.78 is 6.48. The van der Waals surface area contributed by atoms with Crippen molar-refractivity contribution < 1.29 is 9.84 Å². The minimum absolute atomic E-state index is 0.0752. The van der Waals surface area contributed by atoms with Gasteiger partial charge in [0.15, 0.2) is 6.29 Å². The number of aliphatic hydroxyl groups excluding tert-OH is 1. The lowest BCUT2D eigenvalue weighted by Gasteiger charge is -2.31. The Morgan fingerprint density at radius 2 is 2.27 bits per heavy atom. The van der Waals surface area contributed by atoms with Gasteiger partial charge in [-0.3, -0.25) is 4.98 Å². The van der Waals surface area contributed by atoms with Crippen LogP contribution in [0.2, 0.25) is 0 Å². The fourth-order valence-corrected chi connectivity index (χ4v) is 2.29. The van der Waals surface area contributed by atoms with E-state index in [1.165, 1.54) is 0 Å². The van der Waals surface area contributed by atoms with Crippen molar-refractivity contribution in [2.45, 2.75) is 32.7 Å². The summed E-state index contributed by atoms with van der Waals surface area (Å²) in [5.41, 5.74) is 1.89. The van der Waals surface area contributed by atoms with Crippen LogP contribution in [0.25, 0.3) is 0 Å². The number of hydrogen-bond donors (Lipinski definition) is 1. The van der Waals surface area contributed by atoms with Gasteiger partial charge in [-0.15, -0.1) is 0 Å². The highest BCUT2D eigenvalue weighted by Gasteiger charge is 2.29. The van der Waals surface area contributed by atoms with Crippen molar-refractivity contribution in [2.24, 2.45) is 5.92 Å². The first-order valence-electron chi connectivity index (χ1n) is 5.05. The third-order valence-corrected chi connectivity index (χ3v) is 3.44. The van der Waals surface area contributed by atoms with Crippen LogP contribution in [0.3, 0.4) is 0 Å². The molecule has 0 fully saturated rings. The van der Waals surface area contributed by atoms with Gasteiger partial charge >= 0.3 is 0 Å². The van der Waals surface area contributed by atoms with Crippen LogP contribution >= 0.6 is 15.9 Å². The molecule has 1 aliphatic rings. The molecule has 0 spiro atoms. The zero-order valence-corrected chi connectivity index (χ0v) is 10.4. The number of rotatable bonds is 1. The van der Waals surface area contributed by atoms with E-state index in [0.29, 0.717) is 5.92 Å². The Morgan fingerprint density at radius 3 is 2.93 bits per heavy atom. The van der Waals surface area contributed by atoms with Crippen molar-refractivity contribution in [1.82, 2.24) is 4.98 Å². The molecule has 0 aromatic carbocycles. The fraction of sp³-hybridized carbons (Fsp3) is 0.545. The molecule has 0 radical (unpaired) electrons. The number of pyridine rings is 1. The molecule has 0 bridgehead atoms. The lowest BCUT2D eigenvalue weighted by molar-refractivity contribution is -0.161. The second kappa shape index (κ2) is 4.20. The molecular formula is C11H14BrNO2. The summed E-state index contributed by atoms with van der Waals surface area (Å²) in [7, 11) is 0. The molecule has 0 amide bonds. The maximum absolute atomic E-state index is 9.82. The van der Waals surface area contributed by atoms with Gasteiger partial charge in [0.1, 0.15) is 0 Å². The summed E-state index contributed by atoms with van der Waals surface area (Å²) in [6.07, 6.45) is 3.49. The lowest BCUT2D eigenvalue weighted by Crippen LogP contribution is -2.30. The van der Waals surface area contributed by atoms with Crippen LogP contribution < -0.4 is 0 Å². The van der Waals surface area contributed by atoms with Crippen molar-refractivity contribution in [3.63, 3.8) is 0 Å². The number of nitrogens with zero attached hydrogens (tertiary/aromatic N) is 1. The highest BCUT2D eigenvalue weighted by Crippen LogP contribution is 2.34. The Hall–Kier alpha value is -0.450. The molecular weight excluding hydrogens is 258 g/mol. The van der Waals surface area contributed by atoms with Gasteiger partial charge in [0, 0.05) is 28.9 Å². The number of fused-ring (bicyclic) bond motifs is 1. The molecule has 1 aromatic rings. The fourth-order valence-electron chi connectivity index (χ4n) is 1.79. The molecule has 0 aliphatic carbocycles. The van der Waals surface area contributed by atoms with Gasteiger partial charge in [0.2, 0.25) is 0 Å². The molecule has 2 heterocycles. The smallest absolute Gasteiger partial charge is 0.183 e. The molecule has 2 rings (SSSR count). The maximum atomic E-state index is 9.82. The van der Waals surface area contributed by atoms with Gasteiger partial charge in [0.05, 0.1) is 6.10 Å². The molecule has 2 unspecified atom stereocenters. The van der Waals surface area contributed by atoms with Crippen LogP contribution in [0, 0.1) is 5.92 Å². The molecule has 15 heavy (non-hydrogen) atoms. The second-order valence-corrected chi connectivity index (χ2v) is 5.02. The third kappa shape index (κ3) is 2.07. The highest BCUT2D eigenvalue weighted by molar-refractivity contribution is 9.10. The van der Waals surface area contributed by atoms with Gasteiger partial charge in [-0.2, -0.15) is 0 Å². The molecule has 1 aromatic heterocycles. The van der Waals surface area contributed by atoms with E-state index in [-0.39, 0.29) is 6.10 Å². The van der Waals surface area contributed by atoms with Crippen LogP contribution in [-0.2, 0) is 11.2 Å². The molecule has 4 heteroatoms. The Balaban J connectivity index is 2.37. The molecule has 3 nitrogen and oxygen atoms in total. The summed E-state index contributed by atoms with van der Waals surface area (Å²) in [6.45, 7) is 4.19. The van der Waals surface area contributed by atoms with Gasteiger partial charge in [-0.1, -0.05) is 13.8 Å². The molecule has 1 aliphatic heterocycles. The summed E-state index contributed by atoms with van der Waals surface area (Å²) in [5.74, 6) is 0.396. The minimum atomic E-state index is -0.842. The van der Waals surface area contributed by atoms with Gasteiger partial charge in [0.25, 0.3) is 0 Å². The Labute approximate surface area is 97.6 Å². The summed E-state index contributed by atoms with van der Waals surface area (Å²) in [4.78, 5) is 4.03. The Kier molecular flexibility index (Phi) is 3.09. The monoisotopic (exact) mass is 271 g/mol. The largest absolute Gasteiger partial charge is 0.364 e. The molecule has 1 N–H and O–H groups in total. The van der Waals surface area contributed by atoms with Crippen molar-refractivity contribution in [3.8, 4) is 0 Å². The quantitative estimate of drug-likeness (QED) is 0.853. The standard InChI is InChI=1S/C11H14BrNO2/c1-6(2)10-3-7-8(11(14)15-10)4-13-5-9(7)12/h4-6,10-11,14H,3H2,1-2H3. The van der Waals surface area contributed by atoms with Crippen LogP contribution in [0.4, 0.5) is 0 Å². The van der Waals surface area contributed by atoms with Crippen LogP contribution in [-0.4, -0.2) is 16.2 Å². The molecule has 2 atom stereocenters. The van der Waals surface area contributed by atoms with Gasteiger partial charge in [-0.25, -0.2) is 0 Å². The van der Waals surface area contributed by atoms with E-state index < -0.39 is 6.29 Å². The topological polar surface area (TPSA) is 42.4 Å². The second-order valence-electron chi connectivity index (χ2n) is 4.16. The van der Waals surface area contributed by atoms with Gasteiger partial charge in [-0.05, 0) is 27.4 Å². The summed E-state index contributed by atoms with van der Waals surface area (Å²) >= 11 is 3.46. The minimum Gasteiger partial charge on any atom is -0.364 e. The predicted molar refractivity (Wildman–Crippen MR) is 60.3 cm³/mol. The first kappa shape index (κ1) is 11.0. The SMILES string of the molecule is CC(C)C1Cc2c(Br)cncc2C(O)O1. The molecule has 0 saturated carbocycles. The van der Waals surface area contributed by atoms with Gasteiger partial charge < -0.3 is 9.84 Å². The zero-order chi connectivity index (χ0) is 11.0. The van der Waals surface area contributed by atoms with Crippen LogP contribution in [0.5, 0.6) is 0 Å². The number of halogens is 1. The van der Waals surface area contributed by atoms with E-state index in [9.17, 15) is 5.11 Å². The number of hydrogen-bond acceptors (Lipinski definition) is 3. The summed E-state index contributed by atoms with van der Waals surface area (Å²) in [6, 6.07) is 0. The normalized spacial score (nSPS) is 25.4. The lowest BCUT2D eigenvalue weighted by atomic mass is 9.94. The van der Waals surface area contributed by atoms with Crippen LogP contribution in [0.15, 0.2) is 16.9 Å². The van der Waals surface area contributed by atoms with E-state index in [0.717, 1.165) is 22.0 Å². The van der Waals surface area contributed by atoms with Crippen molar-refractivity contribution in [1.29, 1.82) is 0 Å². The molecule has 82 valence electrons. The van der Waals surface area contributed by atoms with Crippen molar-refractivity contribution in [2.75, 3.05) is 0 Å². The van der Waals surface area contributed by atoms with Crippen molar-refractivity contribution >= 4 is 15.9 Å². The Morgan fingerprint density at radius 1 is 1.53 bits per heavy atom. The molecule has 0 saturated heterocycles. The third-order valence-electron chi connectivity index (χ3n) is 2.76. The van der Waals surface area contributed by atoms with E-state index in [2.05, 4.69) is 34.8 Å². The highest BCUT2D eigenvalue weighted by atomic mass is 79.9. The van der Waals surface area contributed by atoms with Crippen molar-refractivity contribution in [3.05, 3.63) is 28.0 Å². The van der Waals surface area contributed by atoms with E-state index >= 15 is 0 Å². The summed E-state index contributed by atoms with van der Waals surface area (Å²) in [5, 5.41) is 9.82. The van der Waals surface area contributed by atoms with E-state index in [1.807, 2.05) is 0 Å². The Bertz CT molecular complexity index is 368. The predicted octanol–water partition coefficient (Wildman–Crippen LogP) is 2.43. The number of aliphatic hydroxyl groups is 1.